The first-order valence-corrected chi connectivity index (χ1v) is 9.68. The van der Waals surface area contributed by atoms with E-state index in [1.807, 2.05) is 0 Å². The van der Waals surface area contributed by atoms with Crippen molar-refractivity contribution in [3.63, 3.8) is 0 Å². The maximum atomic E-state index is 11.6. The number of hydrogen-bond donors (Lipinski definition) is 1. The van der Waals surface area contributed by atoms with Crippen molar-refractivity contribution in [1.82, 2.24) is 10.2 Å². The third-order valence-corrected chi connectivity index (χ3v) is 5.25. The summed E-state index contributed by atoms with van der Waals surface area (Å²) in [7, 11) is -0.746. The Morgan fingerprint density at radius 2 is 2.10 bits per heavy atom. The summed E-state index contributed by atoms with van der Waals surface area (Å²) < 4.78 is 11.6. The van der Waals surface area contributed by atoms with E-state index in [-0.39, 0.29) is 0 Å². The summed E-state index contributed by atoms with van der Waals surface area (Å²) in [5.74, 6) is 0.752. The Kier molecular flexibility index (Phi) is 6.40. The zero-order valence-corrected chi connectivity index (χ0v) is 14.2. The highest BCUT2D eigenvalue weighted by molar-refractivity contribution is 7.84. The topological polar surface area (TPSA) is 32.3 Å². The quantitative estimate of drug-likeness (QED) is 0.876. The monoisotopic (exact) mass is 308 g/mol. The molecule has 4 heteroatoms. The number of piperazine rings is 1. The highest BCUT2D eigenvalue weighted by Crippen LogP contribution is 2.26. The molecular weight excluding hydrogens is 280 g/mol. The van der Waals surface area contributed by atoms with Crippen LogP contribution in [0.3, 0.4) is 0 Å². The lowest BCUT2D eigenvalue weighted by Crippen LogP contribution is -2.55. The minimum Gasteiger partial charge on any atom is -0.311 e. The van der Waals surface area contributed by atoms with Crippen LogP contribution in [-0.4, -0.2) is 46.3 Å². The molecule has 0 amide bonds. The molecular formula is C17H28N2OS. The fraction of sp³-hybridized carbons (Fsp3) is 0.647. The van der Waals surface area contributed by atoms with Crippen LogP contribution in [0.15, 0.2) is 30.3 Å². The normalized spacial score (nSPS) is 26.4. The van der Waals surface area contributed by atoms with Gasteiger partial charge in [-0.25, -0.2) is 0 Å². The Labute approximate surface area is 131 Å². The Morgan fingerprint density at radius 3 is 2.71 bits per heavy atom. The van der Waals surface area contributed by atoms with Crippen LogP contribution < -0.4 is 5.32 Å². The summed E-state index contributed by atoms with van der Waals surface area (Å²) >= 11 is 0. The van der Waals surface area contributed by atoms with Crippen molar-refractivity contribution in [2.75, 3.05) is 25.1 Å². The van der Waals surface area contributed by atoms with Crippen LogP contribution in [0.2, 0.25) is 0 Å². The Morgan fingerprint density at radius 1 is 1.38 bits per heavy atom. The molecule has 4 atom stereocenters. The van der Waals surface area contributed by atoms with Gasteiger partial charge in [-0.15, -0.1) is 0 Å². The first kappa shape index (κ1) is 16.7. The second-order valence-corrected chi connectivity index (χ2v) is 7.59. The van der Waals surface area contributed by atoms with Gasteiger partial charge in [0.1, 0.15) is 0 Å². The van der Waals surface area contributed by atoms with Gasteiger partial charge in [0, 0.05) is 54.0 Å². The Balaban J connectivity index is 2.15. The molecule has 0 aliphatic carbocycles. The van der Waals surface area contributed by atoms with Crippen LogP contribution in [0, 0.1) is 0 Å². The van der Waals surface area contributed by atoms with E-state index >= 15 is 0 Å². The van der Waals surface area contributed by atoms with Crippen molar-refractivity contribution < 1.29 is 4.21 Å². The lowest BCUT2D eigenvalue weighted by molar-refractivity contribution is 0.0953. The summed E-state index contributed by atoms with van der Waals surface area (Å²) in [6.07, 6.45) is 4.22. The molecule has 1 fully saturated rings. The van der Waals surface area contributed by atoms with Gasteiger partial charge < -0.3 is 5.32 Å². The molecule has 1 N–H and O–H groups in total. The molecule has 0 bridgehead atoms. The second-order valence-electron chi connectivity index (χ2n) is 6.11. The summed E-state index contributed by atoms with van der Waals surface area (Å²) in [5.41, 5.74) is 1.36. The predicted molar refractivity (Wildman–Crippen MR) is 91.0 cm³/mol. The summed E-state index contributed by atoms with van der Waals surface area (Å²) in [5, 5.41) is 3.69. The predicted octanol–water partition coefficient (Wildman–Crippen LogP) is 2.57. The molecule has 1 heterocycles. The average Bonchev–Trinajstić information content (AvgIpc) is 2.48. The first-order valence-electron chi connectivity index (χ1n) is 7.96. The molecule has 1 aromatic rings. The number of nitrogens with zero attached hydrogens (tertiary/aromatic N) is 1. The molecule has 1 aliphatic heterocycles. The molecule has 0 aromatic heterocycles. The van der Waals surface area contributed by atoms with E-state index in [2.05, 4.69) is 54.4 Å². The standard InChI is InChI=1S/C17H28N2OS/c1-4-8-16-12-19(14(2)13-21(3)20)17(11-18-16)15-9-6-5-7-10-15/h5-7,9-10,14,16-18H,4,8,11-13H2,1-3H3. The van der Waals surface area contributed by atoms with Gasteiger partial charge in [0.05, 0.1) is 0 Å². The number of hydrogen-bond acceptors (Lipinski definition) is 3. The number of benzene rings is 1. The molecule has 0 radical (unpaired) electrons. The lowest BCUT2D eigenvalue weighted by atomic mass is 9.98. The van der Waals surface area contributed by atoms with Gasteiger partial charge in [0.25, 0.3) is 0 Å². The van der Waals surface area contributed by atoms with E-state index in [9.17, 15) is 4.21 Å². The van der Waals surface area contributed by atoms with E-state index in [1.165, 1.54) is 18.4 Å². The summed E-state index contributed by atoms with van der Waals surface area (Å²) in [6.45, 7) is 6.48. The Bertz CT molecular complexity index is 451. The third kappa shape index (κ3) is 4.63. The van der Waals surface area contributed by atoms with Crippen molar-refractivity contribution in [1.29, 1.82) is 0 Å². The van der Waals surface area contributed by atoms with Crippen LogP contribution in [0.5, 0.6) is 0 Å². The maximum Gasteiger partial charge on any atom is 0.0476 e. The first-order chi connectivity index (χ1) is 10.1. The van der Waals surface area contributed by atoms with Gasteiger partial charge in [-0.3, -0.25) is 9.11 Å². The summed E-state index contributed by atoms with van der Waals surface area (Å²) in [6, 6.07) is 12.0. The fourth-order valence-corrected chi connectivity index (χ4v) is 4.16. The van der Waals surface area contributed by atoms with Crippen molar-refractivity contribution in [2.45, 2.75) is 44.8 Å². The van der Waals surface area contributed by atoms with Crippen LogP contribution in [0.25, 0.3) is 0 Å². The maximum absolute atomic E-state index is 11.6. The minimum absolute atomic E-state index is 0.350. The SMILES string of the molecule is CCCC1CN(C(C)CS(C)=O)C(c2ccccc2)CN1. The summed E-state index contributed by atoms with van der Waals surface area (Å²) in [4.78, 5) is 2.55. The van der Waals surface area contributed by atoms with Crippen LogP contribution in [-0.2, 0) is 10.8 Å². The zero-order chi connectivity index (χ0) is 15.2. The third-order valence-electron chi connectivity index (χ3n) is 4.29. The van der Waals surface area contributed by atoms with Gasteiger partial charge in [0.2, 0.25) is 0 Å². The zero-order valence-electron chi connectivity index (χ0n) is 13.4. The van der Waals surface area contributed by atoms with Gasteiger partial charge in [-0.1, -0.05) is 43.7 Å². The van der Waals surface area contributed by atoms with E-state index < -0.39 is 10.8 Å². The highest BCUT2D eigenvalue weighted by Gasteiger charge is 2.31. The van der Waals surface area contributed by atoms with E-state index in [0.29, 0.717) is 18.1 Å². The number of rotatable bonds is 6. The molecule has 1 aliphatic rings. The van der Waals surface area contributed by atoms with Crippen molar-refractivity contribution in [3.05, 3.63) is 35.9 Å². The van der Waals surface area contributed by atoms with E-state index in [4.69, 9.17) is 0 Å². The van der Waals surface area contributed by atoms with Gasteiger partial charge in [-0.05, 0) is 18.9 Å². The van der Waals surface area contributed by atoms with Crippen molar-refractivity contribution in [3.8, 4) is 0 Å². The van der Waals surface area contributed by atoms with Crippen LogP contribution in [0.4, 0.5) is 0 Å². The smallest absolute Gasteiger partial charge is 0.0476 e. The van der Waals surface area contributed by atoms with E-state index in [0.717, 1.165) is 18.8 Å². The second kappa shape index (κ2) is 8.06. The van der Waals surface area contributed by atoms with Gasteiger partial charge in [-0.2, -0.15) is 0 Å². The van der Waals surface area contributed by atoms with Gasteiger partial charge in [0.15, 0.2) is 0 Å². The largest absolute Gasteiger partial charge is 0.311 e. The number of nitrogens with one attached hydrogen (secondary N) is 1. The van der Waals surface area contributed by atoms with Gasteiger partial charge >= 0.3 is 0 Å². The van der Waals surface area contributed by atoms with Crippen LogP contribution in [0.1, 0.15) is 38.3 Å². The fourth-order valence-electron chi connectivity index (χ4n) is 3.29. The van der Waals surface area contributed by atoms with Crippen LogP contribution >= 0.6 is 0 Å². The highest BCUT2D eigenvalue weighted by atomic mass is 32.2. The molecule has 4 unspecified atom stereocenters. The molecule has 1 aromatic carbocycles. The molecule has 0 spiro atoms. The average molecular weight is 308 g/mol. The minimum atomic E-state index is -0.746. The molecule has 3 nitrogen and oxygen atoms in total. The van der Waals surface area contributed by atoms with Crippen molar-refractivity contribution in [2.24, 2.45) is 0 Å². The molecule has 2 rings (SSSR count). The molecule has 118 valence electrons. The Hall–Kier alpha value is -0.710. The lowest BCUT2D eigenvalue weighted by Gasteiger charge is -2.44. The van der Waals surface area contributed by atoms with Crippen molar-refractivity contribution >= 4 is 10.8 Å². The molecule has 21 heavy (non-hydrogen) atoms. The van der Waals surface area contributed by atoms with E-state index in [1.54, 1.807) is 6.26 Å². The molecule has 1 saturated heterocycles. The molecule has 0 saturated carbocycles.